The van der Waals surface area contributed by atoms with E-state index in [1.165, 1.54) is 24.3 Å². The average Bonchev–Trinajstić information content (AvgIpc) is 3.07. The summed E-state index contributed by atoms with van der Waals surface area (Å²) in [5.74, 6) is 0.173. The lowest BCUT2D eigenvalue weighted by molar-refractivity contribution is 0.416. The van der Waals surface area contributed by atoms with Gasteiger partial charge in [0.15, 0.2) is 0 Å². The molecule has 2 aromatic rings. The van der Waals surface area contributed by atoms with E-state index in [4.69, 9.17) is 4.42 Å². The molecule has 0 aliphatic carbocycles. The first-order valence-corrected chi connectivity index (χ1v) is 8.74. The number of hydrogen-bond acceptors (Lipinski definition) is 5. The lowest BCUT2D eigenvalue weighted by Gasteiger charge is -2.07. The fourth-order valence-corrected chi connectivity index (χ4v) is 3.83. The fraction of sp³-hybridized carbons (Fsp3) is 0.333. The van der Waals surface area contributed by atoms with Gasteiger partial charge in [-0.25, -0.2) is 18.2 Å². The van der Waals surface area contributed by atoms with Crippen molar-refractivity contribution in [2.45, 2.75) is 37.2 Å². The smallest absolute Gasteiger partial charge is 0.265 e. The summed E-state index contributed by atoms with van der Waals surface area (Å²) < 4.78 is 46.5. The maximum atomic E-state index is 13.7. The van der Waals surface area contributed by atoms with E-state index in [1.54, 1.807) is 13.0 Å². The molecule has 2 unspecified atom stereocenters. The standard InChI is InChI=1S/C15H18FN3O3S/c1-9-7-13(18-17-9)14-8-15(10(2)22-14)23(20,21)19-12-6-4-3-5-11(12)16/h3-6,8-9,13,17-19H,7H2,1-2H3. The molecule has 1 fully saturated rings. The molecule has 2 heterocycles. The third-order valence-corrected chi connectivity index (χ3v) is 5.21. The highest BCUT2D eigenvalue weighted by atomic mass is 32.2. The number of rotatable bonds is 4. The van der Waals surface area contributed by atoms with Crippen LogP contribution in [0.3, 0.4) is 0 Å². The lowest BCUT2D eigenvalue weighted by Crippen LogP contribution is -2.28. The van der Waals surface area contributed by atoms with Gasteiger partial charge in [-0.1, -0.05) is 12.1 Å². The summed E-state index contributed by atoms with van der Waals surface area (Å²) in [6.45, 7) is 3.59. The Morgan fingerprint density at radius 3 is 2.70 bits per heavy atom. The molecule has 1 aromatic carbocycles. The van der Waals surface area contributed by atoms with Crippen molar-refractivity contribution in [1.82, 2.24) is 10.9 Å². The van der Waals surface area contributed by atoms with Crippen molar-refractivity contribution in [1.29, 1.82) is 0 Å². The number of sulfonamides is 1. The summed E-state index contributed by atoms with van der Waals surface area (Å²) in [5.41, 5.74) is 6.02. The van der Waals surface area contributed by atoms with Gasteiger partial charge in [0.2, 0.25) is 0 Å². The molecule has 0 amide bonds. The molecule has 1 saturated heterocycles. The second-order valence-electron chi connectivity index (χ2n) is 5.63. The largest absolute Gasteiger partial charge is 0.463 e. The molecule has 23 heavy (non-hydrogen) atoms. The Morgan fingerprint density at radius 2 is 2.04 bits per heavy atom. The van der Waals surface area contributed by atoms with Gasteiger partial charge in [0.25, 0.3) is 10.0 Å². The number of hydrazine groups is 1. The first-order valence-electron chi connectivity index (χ1n) is 7.25. The minimum atomic E-state index is -3.92. The van der Waals surface area contributed by atoms with E-state index in [0.29, 0.717) is 5.76 Å². The molecule has 1 aliphatic rings. The van der Waals surface area contributed by atoms with Crippen molar-refractivity contribution in [2.24, 2.45) is 0 Å². The van der Waals surface area contributed by atoms with E-state index in [2.05, 4.69) is 15.6 Å². The zero-order chi connectivity index (χ0) is 16.6. The maximum absolute atomic E-state index is 13.7. The SMILES string of the molecule is Cc1oc(C2CC(C)NN2)cc1S(=O)(=O)Nc1ccccc1F. The van der Waals surface area contributed by atoms with Gasteiger partial charge < -0.3 is 4.42 Å². The van der Waals surface area contributed by atoms with E-state index in [1.807, 2.05) is 6.92 Å². The zero-order valence-corrected chi connectivity index (χ0v) is 13.6. The van der Waals surface area contributed by atoms with Crippen molar-refractivity contribution >= 4 is 15.7 Å². The summed E-state index contributed by atoms with van der Waals surface area (Å²) in [6.07, 6.45) is 0.785. The normalized spacial score (nSPS) is 21.5. The summed E-state index contributed by atoms with van der Waals surface area (Å²) in [5, 5.41) is 0. The molecule has 124 valence electrons. The average molecular weight is 339 g/mol. The number of nitrogens with one attached hydrogen (secondary N) is 3. The minimum absolute atomic E-state index is 0.0112. The van der Waals surface area contributed by atoms with E-state index in [0.717, 1.165) is 6.42 Å². The van der Waals surface area contributed by atoms with E-state index < -0.39 is 15.8 Å². The van der Waals surface area contributed by atoms with Crippen LogP contribution in [-0.4, -0.2) is 14.5 Å². The quantitative estimate of drug-likeness (QED) is 0.797. The summed E-state index contributed by atoms with van der Waals surface area (Å²) in [4.78, 5) is 0.0112. The second kappa shape index (κ2) is 5.95. The third-order valence-electron chi connectivity index (χ3n) is 3.74. The Kier molecular flexibility index (Phi) is 4.13. The molecule has 2 atom stereocenters. The van der Waals surface area contributed by atoms with Crippen molar-refractivity contribution in [3.63, 3.8) is 0 Å². The van der Waals surface area contributed by atoms with E-state index in [-0.39, 0.29) is 28.4 Å². The Hall–Kier alpha value is -1.90. The van der Waals surface area contributed by atoms with Crippen LogP contribution in [0.5, 0.6) is 0 Å². The number of hydrogen-bond donors (Lipinski definition) is 3. The number of furan rings is 1. The van der Waals surface area contributed by atoms with Gasteiger partial charge in [0.1, 0.15) is 22.2 Å². The fourth-order valence-electron chi connectivity index (χ4n) is 2.57. The van der Waals surface area contributed by atoms with Gasteiger partial charge in [-0.2, -0.15) is 0 Å². The molecular formula is C15H18FN3O3S. The molecule has 0 spiro atoms. The highest BCUT2D eigenvalue weighted by Gasteiger charge is 2.29. The van der Waals surface area contributed by atoms with Gasteiger partial charge in [0, 0.05) is 12.1 Å². The molecule has 1 aliphatic heterocycles. The summed E-state index contributed by atoms with van der Waals surface area (Å²) in [6, 6.07) is 7.27. The monoisotopic (exact) mass is 339 g/mol. The third kappa shape index (κ3) is 3.24. The van der Waals surface area contributed by atoms with Crippen LogP contribution in [0.2, 0.25) is 0 Å². The Labute approximate surface area is 134 Å². The molecule has 3 N–H and O–H groups in total. The molecule has 0 bridgehead atoms. The highest BCUT2D eigenvalue weighted by Crippen LogP contribution is 2.30. The van der Waals surface area contributed by atoms with Crippen molar-refractivity contribution in [3.8, 4) is 0 Å². The molecule has 6 nitrogen and oxygen atoms in total. The van der Waals surface area contributed by atoms with Gasteiger partial charge in [0.05, 0.1) is 11.7 Å². The topological polar surface area (TPSA) is 83.4 Å². The van der Waals surface area contributed by atoms with Crippen LogP contribution in [0.1, 0.15) is 30.9 Å². The Morgan fingerprint density at radius 1 is 1.30 bits per heavy atom. The number of aryl methyl sites for hydroxylation is 1. The molecular weight excluding hydrogens is 321 g/mol. The zero-order valence-electron chi connectivity index (χ0n) is 12.8. The van der Waals surface area contributed by atoms with Crippen LogP contribution >= 0.6 is 0 Å². The predicted octanol–water partition coefficient (Wildman–Crippen LogP) is 2.46. The Bertz CT molecular complexity index is 819. The molecule has 3 rings (SSSR count). The minimum Gasteiger partial charge on any atom is -0.463 e. The molecule has 8 heteroatoms. The molecule has 0 saturated carbocycles. The van der Waals surface area contributed by atoms with Gasteiger partial charge >= 0.3 is 0 Å². The molecule has 1 aromatic heterocycles. The van der Waals surface area contributed by atoms with Crippen LogP contribution in [0.4, 0.5) is 10.1 Å². The number of halogens is 1. The second-order valence-corrected chi connectivity index (χ2v) is 7.28. The van der Waals surface area contributed by atoms with Gasteiger partial charge in [-0.3, -0.25) is 10.1 Å². The van der Waals surface area contributed by atoms with Crippen LogP contribution in [0, 0.1) is 12.7 Å². The van der Waals surface area contributed by atoms with Crippen molar-refractivity contribution in [2.75, 3.05) is 4.72 Å². The van der Waals surface area contributed by atoms with Crippen molar-refractivity contribution in [3.05, 3.63) is 47.7 Å². The van der Waals surface area contributed by atoms with Crippen LogP contribution in [-0.2, 0) is 10.0 Å². The first kappa shape index (κ1) is 16.0. The van der Waals surface area contributed by atoms with Crippen LogP contribution in [0.25, 0.3) is 0 Å². The lowest BCUT2D eigenvalue weighted by atomic mass is 10.1. The summed E-state index contributed by atoms with van der Waals surface area (Å²) in [7, 11) is -3.92. The summed E-state index contributed by atoms with van der Waals surface area (Å²) >= 11 is 0. The first-order chi connectivity index (χ1) is 10.9. The van der Waals surface area contributed by atoms with E-state index in [9.17, 15) is 12.8 Å². The van der Waals surface area contributed by atoms with Crippen LogP contribution in [0.15, 0.2) is 39.6 Å². The number of benzene rings is 1. The Balaban J connectivity index is 1.88. The van der Waals surface area contributed by atoms with E-state index >= 15 is 0 Å². The maximum Gasteiger partial charge on any atom is 0.265 e. The molecule has 0 radical (unpaired) electrons. The highest BCUT2D eigenvalue weighted by molar-refractivity contribution is 7.92. The number of para-hydroxylation sites is 1. The number of anilines is 1. The predicted molar refractivity (Wildman–Crippen MR) is 83.7 cm³/mol. The van der Waals surface area contributed by atoms with Crippen molar-refractivity contribution < 1.29 is 17.2 Å². The van der Waals surface area contributed by atoms with Gasteiger partial charge in [-0.15, -0.1) is 0 Å². The van der Waals surface area contributed by atoms with Crippen LogP contribution < -0.4 is 15.6 Å². The van der Waals surface area contributed by atoms with Gasteiger partial charge in [-0.05, 0) is 32.4 Å².